The summed E-state index contributed by atoms with van der Waals surface area (Å²) in [7, 11) is 0. The quantitative estimate of drug-likeness (QED) is 0.686. The Kier molecular flexibility index (Phi) is 4.49. The van der Waals surface area contributed by atoms with Gasteiger partial charge in [0.1, 0.15) is 0 Å². The maximum Gasteiger partial charge on any atom is 0.222 e. The van der Waals surface area contributed by atoms with E-state index in [1.165, 1.54) is 27.7 Å². The molecule has 1 atom stereocenters. The minimum absolute atomic E-state index is 0.0203. The second kappa shape index (κ2) is 6.80. The van der Waals surface area contributed by atoms with Crippen LogP contribution in [-0.4, -0.2) is 16.5 Å². The molecule has 0 bridgehead atoms. The maximum absolute atomic E-state index is 12.1. The van der Waals surface area contributed by atoms with Crippen molar-refractivity contribution in [3.63, 3.8) is 0 Å². The van der Waals surface area contributed by atoms with Crippen LogP contribution in [0.5, 0.6) is 0 Å². The number of nitrogens with zero attached hydrogens (tertiary/aromatic N) is 1. The fourth-order valence-corrected chi connectivity index (χ4v) is 4.56. The minimum atomic E-state index is 0.0203. The summed E-state index contributed by atoms with van der Waals surface area (Å²) in [5.41, 5.74) is 12.2. The van der Waals surface area contributed by atoms with Gasteiger partial charge in [-0.2, -0.15) is 11.3 Å². The lowest BCUT2D eigenvalue weighted by molar-refractivity contribution is -0.124. The van der Waals surface area contributed by atoms with Gasteiger partial charge in [-0.15, -0.1) is 0 Å². The number of amides is 1. The highest BCUT2D eigenvalue weighted by Crippen LogP contribution is 2.34. The Morgan fingerprint density at radius 1 is 1.38 bits per heavy atom. The zero-order valence-corrected chi connectivity index (χ0v) is 16.1. The number of hydrogen-bond donors (Lipinski definition) is 2. The molecule has 0 aliphatic heterocycles. The van der Waals surface area contributed by atoms with Crippen molar-refractivity contribution in [1.82, 2.24) is 9.88 Å². The molecule has 1 aliphatic carbocycles. The molecule has 26 heavy (non-hydrogen) atoms. The van der Waals surface area contributed by atoms with Crippen LogP contribution in [0.3, 0.4) is 0 Å². The zero-order valence-electron chi connectivity index (χ0n) is 15.3. The van der Waals surface area contributed by atoms with E-state index in [4.69, 9.17) is 5.73 Å². The van der Waals surface area contributed by atoms with Gasteiger partial charge in [-0.3, -0.25) is 4.79 Å². The van der Waals surface area contributed by atoms with Crippen LogP contribution in [0.2, 0.25) is 0 Å². The van der Waals surface area contributed by atoms with Crippen molar-refractivity contribution < 1.29 is 4.79 Å². The van der Waals surface area contributed by atoms with Crippen molar-refractivity contribution in [2.75, 3.05) is 5.73 Å². The first-order chi connectivity index (χ1) is 12.5. The number of benzene rings is 1. The molecule has 0 fully saturated rings. The Labute approximate surface area is 158 Å². The molecule has 4 rings (SSSR count). The minimum Gasteiger partial charge on any atom is -0.399 e. The Morgan fingerprint density at radius 3 is 2.96 bits per heavy atom. The third-order valence-electron chi connectivity index (χ3n) is 5.28. The van der Waals surface area contributed by atoms with Crippen LogP contribution in [0.25, 0.3) is 10.9 Å². The lowest BCUT2D eigenvalue weighted by Gasteiger charge is -2.26. The summed E-state index contributed by atoms with van der Waals surface area (Å²) in [6.07, 6.45) is 2.85. The van der Waals surface area contributed by atoms with Crippen LogP contribution in [0.1, 0.15) is 37.1 Å². The zero-order chi connectivity index (χ0) is 18.3. The number of nitrogens with one attached hydrogen (secondary N) is 1. The molecular weight excluding hydrogens is 342 g/mol. The third kappa shape index (κ3) is 3.12. The smallest absolute Gasteiger partial charge is 0.222 e. The van der Waals surface area contributed by atoms with Crippen LogP contribution in [0.15, 0.2) is 35.0 Å². The van der Waals surface area contributed by atoms with Gasteiger partial charge in [0.2, 0.25) is 5.91 Å². The van der Waals surface area contributed by atoms with Gasteiger partial charge in [0.15, 0.2) is 0 Å². The number of thiophene rings is 1. The fourth-order valence-electron chi connectivity index (χ4n) is 3.90. The molecule has 0 spiro atoms. The first kappa shape index (κ1) is 17.2. The average molecular weight is 368 g/mol. The fraction of sp³-hybridized carbons (Fsp3) is 0.381. The second-order valence-corrected chi connectivity index (χ2v) is 8.30. The number of rotatable bonds is 4. The Balaban J connectivity index is 1.73. The molecule has 0 saturated carbocycles. The predicted octanol–water partition coefficient (Wildman–Crippen LogP) is 3.96. The first-order valence-corrected chi connectivity index (χ1v) is 10.2. The van der Waals surface area contributed by atoms with Crippen LogP contribution in [0, 0.1) is 5.92 Å². The van der Waals surface area contributed by atoms with E-state index in [0.29, 0.717) is 0 Å². The van der Waals surface area contributed by atoms with Crippen LogP contribution < -0.4 is 11.1 Å². The third-order valence-corrected chi connectivity index (χ3v) is 6.01. The number of nitrogen functional groups attached to an aromatic ring is 1. The number of anilines is 1. The molecule has 4 nitrogen and oxygen atoms in total. The molecule has 5 heteroatoms. The SMILES string of the molecule is CC(C)C(=O)NC1CCc2c(c3cc(N)ccc3n2Cc2ccsc2)C1. The highest BCUT2D eigenvalue weighted by atomic mass is 32.1. The topological polar surface area (TPSA) is 60.1 Å². The molecule has 3 N–H and O–H groups in total. The summed E-state index contributed by atoms with van der Waals surface area (Å²) >= 11 is 1.74. The van der Waals surface area contributed by atoms with E-state index in [0.717, 1.165) is 31.5 Å². The Bertz CT molecular complexity index is 940. The Morgan fingerprint density at radius 2 is 2.23 bits per heavy atom. The van der Waals surface area contributed by atoms with Gasteiger partial charge in [-0.1, -0.05) is 13.8 Å². The van der Waals surface area contributed by atoms with E-state index < -0.39 is 0 Å². The van der Waals surface area contributed by atoms with Gasteiger partial charge >= 0.3 is 0 Å². The number of aromatic nitrogens is 1. The first-order valence-electron chi connectivity index (χ1n) is 9.24. The van der Waals surface area contributed by atoms with Gasteiger partial charge in [0.25, 0.3) is 0 Å². The molecule has 1 aromatic carbocycles. The molecule has 1 amide bonds. The Hall–Kier alpha value is -2.27. The number of hydrogen-bond acceptors (Lipinski definition) is 3. The maximum atomic E-state index is 12.1. The molecule has 2 heterocycles. The molecule has 1 unspecified atom stereocenters. The van der Waals surface area contributed by atoms with Crippen molar-refractivity contribution >= 4 is 33.8 Å². The molecule has 2 aromatic heterocycles. The predicted molar refractivity (Wildman–Crippen MR) is 109 cm³/mol. The van der Waals surface area contributed by atoms with Crippen LogP contribution in [0.4, 0.5) is 5.69 Å². The van der Waals surface area contributed by atoms with Crippen molar-refractivity contribution in [2.24, 2.45) is 5.92 Å². The van der Waals surface area contributed by atoms with E-state index in [-0.39, 0.29) is 17.9 Å². The number of carbonyl (C=O) groups is 1. The van der Waals surface area contributed by atoms with E-state index in [1.54, 1.807) is 11.3 Å². The standard InChI is InChI=1S/C21H25N3OS/c1-13(2)21(25)23-16-4-6-20-18(10-16)17-9-15(22)3-5-19(17)24(20)11-14-7-8-26-12-14/h3,5,7-9,12-13,16H,4,6,10-11,22H2,1-2H3,(H,23,25). The monoisotopic (exact) mass is 367 g/mol. The number of fused-ring (bicyclic) bond motifs is 3. The summed E-state index contributed by atoms with van der Waals surface area (Å²) in [6, 6.07) is 8.60. The summed E-state index contributed by atoms with van der Waals surface area (Å²) in [5, 5.41) is 8.79. The van der Waals surface area contributed by atoms with E-state index in [2.05, 4.69) is 38.8 Å². The average Bonchev–Trinajstić information content (AvgIpc) is 3.22. The lowest BCUT2D eigenvalue weighted by atomic mass is 9.91. The van der Waals surface area contributed by atoms with Crippen molar-refractivity contribution in [1.29, 1.82) is 0 Å². The van der Waals surface area contributed by atoms with Gasteiger partial charge < -0.3 is 15.6 Å². The van der Waals surface area contributed by atoms with E-state index in [9.17, 15) is 4.79 Å². The highest BCUT2D eigenvalue weighted by molar-refractivity contribution is 7.07. The van der Waals surface area contributed by atoms with Crippen molar-refractivity contribution in [3.8, 4) is 0 Å². The molecule has 136 valence electrons. The summed E-state index contributed by atoms with van der Waals surface area (Å²) in [5.74, 6) is 0.159. The van der Waals surface area contributed by atoms with Gasteiger partial charge in [0, 0.05) is 40.8 Å². The molecular formula is C21H25N3OS. The number of nitrogens with two attached hydrogens (primary N) is 1. The summed E-state index contributed by atoms with van der Waals surface area (Å²) in [6.45, 7) is 4.77. The van der Waals surface area contributed by atoms with Gasteiger partial charge in [-0.25, -0.2) is 0 Å². The second-order valence-electron chi connectivity index (χ2n) is 7.52. The van der Waals surface area contributed by atoms with Crippen LogP contribution >= 0.6 is 11.3 Å². The normalized spacial score (nSPS) is 16.8. The number of carbonyl (C=O) groups excluding carboxylic acids is 1. The molecule has 3 aromatic rings. The molecule has 0 radical (unpaired) electrons. The van der Waals surface area contributed by atoms with Crippen molar-refractivity contribution in [2.45, 2.75) is 45.7 Å². The largest absolute Gasteiger partial charge is 0.399 e. The van der Waals surface area contributed by atoms with E-state index in [1.807, 2.05) is 19.9 Å². The summed E-state index contributed by atoms with van der Waals surface area (Å²) < 4.78 is 2.44. The van der Waals surface area contributed by atoms with Crippen LogP contribution in [-0.2, 0) is 24.2 Å². The van der Waals surface area contributed by atoms with Gasteiger partial charge in [0.05, 0.1) is 0 Å². The summed E-state index contributed by atoms with van der Waals surface area (Å²) in [4.78, 5) is 12.1. The highest BCUT2D eigenvalue weighted by Gasteiger charge is 2.27. The molecule has 0 saturated heterocycles. The molecule has 1 aliphatic rings. The lowest BCUT2D eigenvalue weighted by Crippen LogP contribution is -2.41. The van der Waals surface area contributed by atoms with E-state index >= 15 is 0 Å². The van der Waals surface area contributed by atoms with Gasteiger partial charge in [-0.05, 0) is 65.4 Å². The van der Waals surface area contributed by atoms with Crippen molar-refractivity contribution in [3.05, 3.63) is 51.8 Å².